The van der Waals surface area contributed by atoms with E-state index in [-0.39, 0.29) is 17.0 Å². The van der Waals surface area contributed by atoms with E-state index in [1.54, 1.807) is 55.8 Å². The number of aromatic nitrogens is 2. The molecule has 5 heteroatoms. The van der Waals surface area contributed by atoms with Crippen molar-refractivity contribution in [2.24, 2.45) is 0 Å². The second-order valence-electron chi connectivity index (χ2n) is 4.27. The molecule has 0 aliphatic carbocycles. The highest BCUT2D eigenvalue weighted by Crippen LogP contribution is 2.25. The van der Waals surface area contributed by atoms with Gasteiger partial charge in [0, 0.05) is 6.20 Å². The first-order chi connectivity index (χ1) is 9.70. The molecule has 0 amide bonds. The molecule has 0 saturated carbocycles. The van der Waals surface area contributed by atoms with E-state index in [9.17, 15) is 9.90 Å². The molecule has 20 heavy (non-hydrogen) atoms. The first kappa shape index (κ1) is 12.2. The number of ether oxygens (including phenoxy) is 1. The van der Waals surface area contributed by atoms with Crippen molar-refractivity contribution < 1.29 is 9.84 Å². The number of fused-ring (bicyclic) bond motifs is 1. The van der Waals surface area contributed by atoms with Crippen molar-refractivity contribution in [1.29, 1.82) is 0 Å². The maximum absolute atomic E-state index is 12.4. The summed E-state index contributed by atoms with van der Waals surface area (Å²) in [4.78, 5) is 16.5. The Balaban J connectivity index is 2.27. The average Bonchev–Trinajstić information content (AvgIpc) is 2.48. The molecule has 2 aromatic heterocycles. The minimum absolute atomic E-state index is 0.177. The topological polar surface area (TPSA) is 63.8 Å². The lowest BCUT2D eigenvalue weighted by molar-refractivity contribution is 0.415. The molecule has 0 saturated heterocycles. The van der Waals surface area contributed by atoms with Crippen molar-refractivity contribution in [3.63, 3.8) is 0 Å². The van der Waals surface area contributed by atoms with Crippen molar-refractivity contribution in [3.05, 3.63) is 59.0 Å². The van der Waals surface area contributed by atoms with Gasteiger partial charge in [-0.05, 0) is 29.8 Å². The van der Waals surface area contributed by atoms with Gasteiger partial charge in [-0.25, -0.2) is 0 Å². The van der Waals surface area contributed by atoms with Crippen LogP contribution in [0.1, 0.15) is 0 Å². The first-order valence-corrected chi connectivity index (χ1v) is 6.05. The SMILES string of the molecule is COc1ccc(-c2c(O)nc3ccccn3c2=O)cc1. The third-order valence-corrected chi connectivity index (χ3v) is 3.09. The molecular weight excluding hydrogens is 256 g/mol. The van der Waals surface area contributed by atoms with Crippen LogP contribution in [0, 0.1) is 0 Å². The second kappa shape index (κ2) is 4.70. The number of rotatable bonds is 2. The number of pyridine rings is 1. The van der Waals surface area contributed by atoms with E-state index in [1.807, 2.05) is 0 Å². The molecule has 100 valence electrons. The highest BCUT2D eigenvalue weighted by Gasteiger charge is 2.13. The van der Waals surface area contributed by atoms with Gasteiger partial charge in [-0.3, -0.25) is 9.20 Å². The minimum atomic E-state index is -0.307. The van der Waals surface area contributed by atoms with Crippen LogP contribution < -0.4 is 10.3 Å². The van der Waals surface area contributed by atoms with Crippen molar-refractivity contribution in [1.82, 2.24) is 9.38 Å². The van der Waals surface area contributed by atoms with Crippen molar-refractivity contribution >= 4 is 5.65 Å². The lowest BCUT2D eigenvalue weighted by Crippen LogP contribution is -2.16. The summed E-state index contributed by atoms with van der Waals surface area (Å²) in [5, 5.41) is 10.0. The van der Waals surface area contributed by atoms with Gasteiger partial charge >= 0.3 is 0 Å². The fourth-order valence-electron chi connectivity index (χ4n) is 2.09. The number of hydrogen-bond donors (Lipinski definition) is 1. The molecule has 0 aliphatic heterocycles. The Kier molecular flexibility index (Phi) is 2.87. The van der Waals surface area contributed by atoms with Crippen molar-refractivity contribution in [2.75, 3.05) is 7.11 Å². The van der Waals surface area contributed by atoms with Gasteiger partial charge in [0.2, 0.25) is 5.88 Å². The van der Waals surface area contributed by atoms with Gasteiger partial charge < -0.3 is 9.84 Å². The second-order valence-corrected chi connectivity index (χ2v) is 4.27. The van der Waals surface area contributed by atoms with Crippen LogP contribution in [-0.4, -0.2) is 21.6 Å². The molecule has 5 nitrogen and oxygen atoms in total. The Hall–Kier alpha value is -2.82. The van der Waals surface area contributed by atoms with Gasteiger partial charge in [0.25, 0.3) is 5.56 Å². The molecule has 0 spiro atoms. The third kappa shape index (κ3) is 1.89. The highest BCUT2D eigenvalue weighted by atomic mass is 16.5. The van der Waals surface area contributed by atoms with Gasteiger partial charge in [0.1, 0.15) is 17.0 Å². The molecule has 0 radical (unpaired) electrons. The Labute approximate surface area is 114 Å². The van der Waals surface area contributed by atoms with Crippen molar-refractivity contribution in [3.8, 4) is 22.8 Å². The van der Waals surface area contributed by atoms with Crippen LogP contribution in [0.5, 0.6) is 11.6 Å². The van der Waals surface area contributed by atoms with Crippen LogP contribution in [0.3, 0.4) is 0 Å². The molecule has 1 N–H and O–H groups in total. The Morgan fingerprint density at radius 2 is 1.90 bits per heavy atom. The molecule has 3 aromatic rings. The number of methoxy groups -OCH3 is 1. The summed E-state index contributed by atoms with van der Waals surface area (Å²) >= 11 is 0. The minimum Gasteiger partial charge on any atom is -0.497 e. The Bertz CT molecular complexity index is 823. The summed E-state index contributed by atoms with van der Waals surface area (Å²) in [5.41, 5.74) is 0.876. The fourth-order valence-corrected chi connectivity index (χ4v) is 2.09. The Morgan fingerprint density at radius 3 is 2.60 bits per heavy atom. The predicted octanol–water partition coefficient (Wildman–Crippen LogP) is 2.08. The molecule has 0 unspecified atom stereocenters. The van der Waals surface area contributed by atoms with E-state index in [4.69, 9.17) is 4.74 Å². The maximum Gasteiger partial charge on any atom is 0.269 e. The summed E-state index contributed by atoms with van der Waals surface area (Å²) < 4.78 is 6.48. The van der Waals surface area contributed by atoms with Gasteiger partial charge in [-0.2, -0.15) is 4.98 Å². The van der Waals surface area contributed by atoms with Gasteiger partial charge in [0.05, 0.1) is 7.11 Å². The highest BCUT2D eigenvalue weighted by molar-refractivity contribution is 5.69. The summed E-state index contributed by atoms with van der Waals surface area (Å²) in [6, 6.07) is 12.1. The fraction of sp³-hybridized carbons (Fsp3) is 0.0667. The summed E-state index contributed by atoms with van der Waals surface area (Å²) in [6.07, 6.45) is 1.62. The van der Waals surface area contributed by atoms with Crippen LogP contribution in [-0.2, 0) is 0 Å². The molecule has 3 rings (SSSR count). The van der Waals surface area contributed by atoms with E-state index in [0.717, 1.165) is 0 Å². The van der Waals surface area contributed by atoms with Gasteiger partial charge in [0.15, 0.2) is 0 Å². The third-order valence-electron chi connectivity index (χ3n) is 3.09. The van der Waals surface area contributed by atoms with Gasteiger partial charge in [-0.1, -0.05) is 18.2 Å². The number of hydrogen-bond acceptors (Lipinski definition) is 4. The lowest BCUT2D eigenvalue weighted by atomic mass is 10.1. The normalized spacial score (nSPS) is 10.7. The van der Waals surface area contributed by atoms with Crippen molar-refractivity contribution in [2.45, 2.75) is 0 Å². The standard InChI is InChI=1S/C15H12N2O3/c1-20-11-7-5-10(6-8-11)13-14(18)16-12-4-2-3-9-17(12)15(13)19/h2-9,18H,1H3. The van der Waals surface area contributed by atoms with E-state index in [1.165, 1.54) is 4.40 Å². The van der Waals surface area contributed by atoms with E-state index >= 15 is 0 Å². The molecule has 0 aliphatic rings. The molecule has 1 aromatic carbocycles. The smallest absolute Gasteiger partial charge is 0.269 e. The quantitative estimate of drug-likeness (QED) is 0.772. The van der Waals surface area contributed by atoms with Crippen LogP contribution >= 0.6 is 0 Å². The summed E-state index contributed by atoms with van der Waals surface area (Å²) in [5.74, 6) is 0.411. The first-order valence-electron chi connectivity index (χ1n) is 6.05. The van der Waals surface area contributed by atoms with Crippen LogP contribution in [0.2, 0.25) is 0 Å². The largest absolute Gasteiger partial charge is 0.497 e. The van der Waals surface area contributed by atoms with Gasteiger partial charge in [-0.15, -0.1) is 0 Å². The number of aromatic hydroxyl groups is 1. The molecule has 2 heterocycles. The molecule has 0 atom stereocenters. The summed E-state index contributed by atoms with van der Waals surface area (Å²) in [6.45, 7) is 0. The Morgan fingerprint density at radius 1 is 1.15 bits per heavy atom. The van der Waals surface area contributed by atoms with E-state index in [0.29, 0.717) is 17.0 Å². The zero-order chi connectivity index (χ0) is 14.1. The zero-order valence-electron chi connectivity index (χ0n) is 10.8. The average molecular weight is 268 g/mol. The van der Waals surface area contributed by atoms with E-state index in [2.05, 4.69) is 4.98 Å². The molecule has 0 bridgehead atoms. The molecule has 0 fully saturated rings. The van der Waals surface area contributed by atoms with Crippen LogP contribution in [0.25, 0.3) is 16.8 Å². The lowest BCUT2D eigenvalue weighted by Gasteiger charge is -2.07. The zero-order valence-corrected chi connectivity index (χ0v) is 10.8. The summed E-state index contributed by atoms with van der Waals surface area (Å²) in [7, 11) is 1.57. The maximum atomic E-state index is 12.4. The van der Waals surface area contributed by atoms with E-state index < -0.39 is 0 Å². The predicted molar refractivity (Wildman–Crippen MR) is 75.1 cm³/mol. The van der Waals surface area contributed by atoms with Crippen LogP contribution in [0.4, 0.5) is 0 Å². The number of benzene rings is 1. The monoisotopic (exact) mass is 268 g/mol. The number of nitrogens with zero attached hydrogens (tertiary/aromatic N) is 2. The molecular formula is C15H12N2O3. The van der Waals surface area contributed by atoms with Crippen LogP contribution in [0.15, 0.2) is 53.5 Å².